The summed E-state index contributed by atoms with van der Waals surface area (Å²) in [6, 6.07) is 0. The van der Waals surface area contributed by atoms with E-state index < -0.39 is 0 Å². The number of hydrogen-bond donors (Lipinski definition) is 0. The standard InChI is InChI=1S/C3H7NO.C3H9N.H4Si/c1-4(2)3-5;1-4(2)3;/h3H,1-2H3;1-3H3;1H4. The zero-order chi connectivity index (χ0) is 7.86. The van der Waals surface area contributed by atoms with Crippen LogP contribution in [-0.2, 0) is 4.79 Å². The van der Waals surface area contributed by atoms with Gasteiger partial charge in [0.05, 0.1) is 0 Å². The van der Waals surface area contributed by atoms with Gasteiger partial charge < -0.3 is 9.80 Å². The number of nitrogens with zero attached hydrogens (tertiary/aromatic N) is 2. The molecule has 0 spiro atoms. The van der Waals surface area contributed by atoms with Crippen LogP contribution >= 0.6 is 0 Å². The zero-order valence-corrected chi connectivity index (χ0v) is 6.88. The van der Waals surface area contributed by atoms with E-state index in [1.54, 1.807) is 14.1 Å². The van der Waals surface area contributed by atoms with Crippen LogP contribution in [0.5, 0.6) is 0 Å². The maximum Gasteiger partial charge on any atom is 0.209 e. The van der Waals surface area contributed by atoms with Gasteiger partial charge in [0.15, 0.2) is 0 Å². The summed E-state index contributed by atoms with van der Waals surface area (Å²) < 4.78 is 0. The molecule has 1 amide bonds. The average molecular weight is 164 g/mol. The second-order valence-corrected chi connectivity index (χ2v) is 2.41. The van der Waals surface area contributed by atoms with Gasteiger partial charge in [-0.1, -0.05) is 0 Å². The quantitative estimate of drug-likeness (QED) is 0.345. The van der Waals surface area contributed by atoms with Gasteiger partial charge in [-0.25, -0.2) is 0 Å². The highest BCUT2D eigenvalue weighted by molar-refractivity contribution is 5.75. The van der Waals surface area contributed by atoms with Crippen molar-refractivity contribution >= 4 is 17.4 Å². The summed E-state index contributed by atoms with van der Waals surface area (Å²) in [4.78, 5) is 12.9. The van der Waals surface area contributed by atoms with Crippen molar-refractivity contribution in [2.75, 3.05) is 35.2 Å². The van der Waals surface area contributed by atoms with Crippen LogP contribution in [0.25, 0.3) is 0 Å². The summed E-state index contributed by atoms with van der Waals surface area (Å²) in [7, 11) is 9.38. The Kier molecular flexibility index (Phi) is 18.7. The van der Waals surface area contributed by atoms with Gasteiger partial charge in [-0.2, -0.15) is 0 Å². The molecule has 0 saturated carbocycles. The number of hydrogen-bond acceptors (Lipinski definition) is 2. The summed E-state index contributed by atoms with van der Waals surface area (Å²) in [5.41, 5.74) is 0. The molecule has 0 aromatic rings. The molecule has 0 saturated heterocycles. The molecular weight excluding hydrogens is 144 g/mol. The molecule has 0 rings (SSSR count). The van der Waals surface area contributed by atoms with E-state index in [9.17, 15) is 4.79 Å². The van der Waals surface area contributed by atoms with E-state index in [0.29, 0.717) is 0 Å². The first-order valence-corrected chi connectivity index (χ1v) is 2.73. The van der Waals surface area contributed by atoms with Crippen molar-refractivity contribution in [1.82, 2.24) is 9.80 Å². The van der Waals surface area contributed by atoms with Crippen LogP contribution in [-0.4, -0.2) is 62.4 Å². The summed E-state index contributed by atoms with van der Waals surface area (Å²) in [6.45, 7) is 0. The summed E-state index contributed by atoms with van der Waals surface area (Å²) >= 11 is 0. The van der Waals surface area contributed by atoms with Crippen molar-refractivity contribution in [2.45, 2.75) is 0 Å². The lowest BCUT2D eigenvalue weighted by Crippen LogP contribution is -2.06. The van der Waals surface area contributed by atoms with Gasteiger partial charge in [-0.3, -0.25) is 4.79 Å². The minimum Gasteiger partial charge on any atom is -0.351 e. The Morgan fingerprint density at radius 2 is 1.10 bits per heavy atom. The van der Waals surface area contributed by atoms with E-state index in [2.05, 4.69) is 0 Å². The molecule has 10 heavy (non-hydrogen) atoms. The Morgan fingerprint density at radius 1 is 1.00 bits per heavy atom. The van der Waals surface area contributed by atoms with Crippen molar-refractivity contribution in [3.63, 3.8) is 0 Å². The maximum atomic E-state index is 9.43. The lowest BCUT2D eigenvalue weighted by molar-refractivity contribution is -0.115. The Morgan fingerprint density at radius 3 is 1.10 bits per heavy atom. The molecule has 0 N–H and O–H groups in total. The van der Waals surface area contributed by atoms with Crippen molar-refractivity contribution in [3.05, 3.63) is 0 Å². The first-order chi connectivity index (χ1) is 4.00. The fourth-order valence-corrected chi connectivity index (χ4v) is 0. The topological polar surface area (TPSA) is 23.6 Å². The number of rotatable bonds is 1. The normalized spacial score (nSPS) is 7.00. The summed E-state index contributed by atoms with van der Waals surface area (Å²) in [5, 5.41) is 0. The molecule has 3 nitrogen and oxygen atoms in total. The molecule has 0 aromatic heterocycles. The Labute approximate surface area is 68.0 Å². The highest BCUT2D eigenvalue weighted by Crippen LogP contribution is 1.52. The first-order valence-electron chi connectivity index (χ1n) is 2.73. The second kappa shape index (κ2) is 11.4. The lowest BCUT2D eigenvalue weighted by Gasteiger charge is -1.93. The van der Waals surface area contributed by atoms with Crippen molar-refractivity contribution in [3.8, 4) is 0 Å². The Hall–Kier alpha value is -0.353. The molecule has 0 heterocycles. The van der Waals surface area contributed by atoms with Crippen LogP contribution < -0.4 is 0 Å². The minimum atomic E-state index is 0. The Balaban J connectivity index is -0.0000000910. The summed E-state index contributed by atoms with van der Waals surface area (Å²) in [5.74, 6) is 0. The third-order valence-corrected chi connectivity index (χ3v) is 0.211. The lowest BCUT2D eigenvalue weighted by atomic mass is 11.0. The predicted molar refractivity (Wildman–Crippen MR) is 50.7 cm³/mol. The van der Waals surface area contributed by atoms with Crippen LogP contribution in [0.3, 0.4) is 0 Å². The molecule has 4 heteroatoms. The maximum absolute atomic E-state index is 9.43. The molecule has 0 radical (unpaired) electrons. The molecule has 64 valence electrons. The van der Waals surface area contributed by atoms with E-state index in [-0.39, 0.29) is 11.0 Å². The van der Waals surface area contributed by atoms with Gasteiger partial charge in [-0.15, -0.1) is 0 Å². The number of amides is 1. The van der Waals surface area contributed by atoms with Gasteiger partial charge in [0, 0.05) is 14.1 Å². The molecule has 0 aliphatic rings. The largest absolute Gasteiger partial charge is 0.351 e. The van der Waals surface area contributed by atoms with Gasteiger partial charge in [-0.05, 0) is 32.1 Å². The third-order valence-electron chi connectivity index (χ3n) is 0.211. The number of carbonyl (C=O) groups is 1. The van der Waals surface area contributed by atoms with Crippen LogP contribution in [0.1, 0.15) is 0 Å². The van der Waals surface area contributed by atoms with E-state index in [4.69, 9.17) is 0 Å². The Bertz CT molecular complexity index is 64.0. The van der Waals surface area contributed by atoms with Gasteiger partial charge in [0.25, 0.3) is 0 Å². The fraction of sp³-hybridized carbons (Fsp3) is 0.833. The minimum absolute atomic E-state index is 0. The first kappa shape index (κ1) is 16.3. The molecule has 0 aromatic carbocycles. The van der Waals surface area contributed by atoms with Crippen LogP contribution in [0.4, 0.5) is 0 Å². The second-order valence-electron chi connectivity index (χ2n) is 2.41. The molecular formula is C6H20N2OSi. The predicted octanol–water partition coefficient (Wildman–Crippen LogP) is -1.57. The summed E-state index contributed by atoms with van der Waals surface area (Å²) in [6.07, 6.45) is 0.750. The van der Waals surface area contributed by atoms with Crippen molar-refractivity contribution in [2.24, 2.45) is 0 Å². The third kappa shape index (κ3) is 125. The zero-order valence-electron chi connectivity index (χ0n) is 6.88. The smallest absolute Gasteiger partial charge is 0.209 e. The average Bonchev–Trinajstić information content (AvgIpc) is 1.65. The number of carbonyl (C=O) groups excluding carboxylic acids is 1. The van der Waals surface area contributed by atoms with E-state index >= 15 is 0 Å². The molecule has 0 aliphatic heterocycles. The highest BCUT2D eigenvalue weighted by atomic mass is 28.1. The van der Waals surface area contributed by atoms with Crippen LogP contribution in [0.15, 0.2) is 0 Å². The van der Waals surface area contributed by atoms with E-state index in [0.717, 1.165) is 6.41 Å². The molecule has 0 bridgehead atoms. The van der Waals surface area contributed by atoms with Crippen molar-refractivity contribution < 1.29 is 4.79 Å². The van der Waals surface area contributed by atoms with Gasteiger partial charge >= 0.3 is 0 Å². The van der Waals surface area contributed by atoms with E-state index in [1.807, 2.05) is 26.0 Å². The van der Waals surface area contributed by atoms with Gasteiger partial charge in [0.1, 0.15) is 0 Å². The highest BCUT2D eigenvalue weighted by Gasteiger charge is 1.68. The van der Waals surface area contributed by atoms with Crippen molar-refractivity contribution in [1.29, 1.82) is 0 Å². The van der Waals surface area contributed by atoms with Crippen LogP contribution in [0, 0.1) is 0 Å². The van der Waals surface area contributed by atoms with Crippen LogP contribution in [0.2, 0.25) is 0 Å². The van der Waals surface area contributed by atoms with E-state index in [1.165, 1.54) is 4.90 Å². The molecule has 0 atom stereocenters. The van der Waals surface area contributed by atoms with Gasteiger partial charge in [0.2, 0.25) is 6.41 Å². The molecule has 0 unspecified atom stereocenters. The molecule has 0 aliphatic carbocycles. The monoisotopic (exact) mass is 164 g/mol. The molecule has 0 fully saturated rings. The SMILES string of the molecule is CN(C)C.CN(C)C=O.[SiH4]. The fourth-order valence-electron chi connectivity index (χ4n) is 0.